The Morgan fingerprint density at radius 2 is 2.00 bits per heavy atom. The molecule has 0 unspecified atom stereocenters. The monoisotopic (exact) mass is 244 g/mol. The highest BCUT2D eigenvalue weighted by atomic mass is 32.2. The van der Waals surface area contributed by atoms with Crippen molar-refractivity contribution >= 4 is 34.9 Å². The molecule has 1 rings (SSSR count). The van der Waals surface area contributed by atoms with Gasteiger partial charge in [0, 0.05) is 5.56 Å². The van der Waals surface area contributed by atoms with E-state index in [9.17, 15) is 9.59 Å². The number of rotatable bonds is 3. The molecule has 0 N–H and O–H groups in total. The van der Waals surface area contributed by atoms with Gasteiger partial charge in [-0.25, -0.2) is 4.79 Å². The lowest BCUT2D eigenvalue weighted by molar-refractivity contribution is 0.0605. The van der Waals surface area contributed by atoms with E-state index in [0.717, 1.165) is 9.77 Å². The molecular formula is C10H12O3S2. The second kappa shape index (κ2) is 4.81. The summed E-state index contributed by atoms with van der Waals surface area (Å²) in [6.07, 6.45) is 1.89. The Kier molecular flexibility index (Phi) is 3.93. The molecule has 82 valence electrons. The lowest BCUT2D eigenvalue weighted by Crippen LogP contribution is -2.02. The minimum atomic E-state index is -0.375. The van der Waals surface area contributed by atoms with E-state index in [2.05, 4.69) is 4.74 Å². The van der Waals surface area contributed by atoms with Gasteiger partial charge in [0.05, 0.1) is 11.3 Å². The van der Waals surface area contributed by atoms with Crippen molar-refractivity contribution < 1.29 is 14.3 Å². The standard InChI is InChI=1S/C10H12O3S2/c1-5-7(6(2)11)10(14-4)15-8(5)9(12)13-3/h1-4H3. The molecule has 0 spiro atoms. The average Bonchev–Trinajstić information content (AvgIpc) is 2.54. The smallest absolute Gasteiger partial charge is 0.348 e. The maximum absolute atomic E-state index is 11.4. The van der Waals surface area contributed by atoms with Crippen LogP contribution in [0, 0.1) is 6.92 Å². The number of methoxy groups -OCH3 is 1. The van der Waals surface area contributed by atoms with E-state index < -0.39 is 0 Å². The van der Waals surface area contributed by atoms with Gasteiger partial charge in [-0.3, -0.25) is 4.79 Å². The number of thiophene rings is 1. The summed E-state index contributed by atoms with van der Waals surface area (Å²) in [5, 5.41) is 0. The van der Waals surface area contributed by atoms with Crippen molar-refractivity contribution in [3.05, 3.63) is 16.0 Å². The van der Waals surface area contributed by atoms with E-state index in [4.69, 9.17) is 0 Å². The van der Waals surface area contributed by atoms with E-state index >= 15 is 0 Å². The summed E-state index contributed by atoms with van der Waals surface area (Å²) in [7, 11) is 1.34. The fourth-order valence-corrected chi connectivity index (χ4v) is 3.42. The predicted molar refractivity (Wildman–Crippen MR) is 62.2 cm³/mol. The molecule has 0 aliphatic carbocycles. The van der Waals surface area contributed by atoms with Crippen molar-refractivity contribution in [2.24, 2.45) is 0 Å². The molecule has 0 radical (unpaired) electrons. The zero-order valence-electron chi connectivity index (χ0n) is 9.04. The van der Waals surface area contributed by atoms with Gasteiger partial charge in [-0.1, -0.05) is 0 Å². The van der Waals surface area contributed by atoms with Crippen LogP contribution in [-0.2, 0) is 4.74 Å². The van der Waals surface area contributed by atoms with Crippen LogP contribution in [0.4, 0.5) is 0 Å². The molecule has 0 fully saturated rings. The van der Waals surface area contributed by atoms with Gasteiger partial charge < -0.3 is 4.74 Å². The van der Waals surface area contributed by atoms with Crippen molar-refractivity contribution in [2.75, 3.05) is 13.4 Å². The minimum Gasteiger partial charge on any atom is -0.465 e. The summed E-state index contributed by atoms with van der Waals surface area (Å²) >= 11 is 2.79. The van der Waals surface area contributed by atoms with E-state index in [1.54, 1.807) is 6.92 Å². The first-order valence-electron chi connectivity index (χ1n) is 4.29. The van der Waals surface area contributed by atoms with Crippen LogP contribution in [-0.4, -0.2) is 25.1 Å². The number of ether oxygens (including phenoxy) is 1. The Morgan fingerprint density at radius 1 is 1.40 bits per heavy atom. The van der Waals surface area contributed by atoms with Gasteiger partial charge in [-0.05, 0) is 25.7 Å². The number of hydrogen-bond acceptors (Lipinski definition) is 5. The summed E-state index contributed by atoms with van der Waals surface area (Å²) in [6, 6.07) is 0. The fourth-order valence-electron chi connectivity index (χ4n) is 1.33. The van der Waals surface area contributed by atoms with Crippen LogP contribution in [0.3, 0.4) is 0 Å². The van der Waals surface area contributed by atoms with Gasteiger partial charge in [0.15, 0.2) is 5.78 Å². The highest BCUT2D eigenvalue weighted by Crippen LogP contribution is 2.35. The first-order valence-corrected chi connectivity index (χ1v) is 6.33. The Bertz CT molecular complexity index is 407. The molecule has 0 bridgehead atoms. The SMILES string of the molecule is COC(=O)c1sc(SC)c(C(C)=O)c1C. The summed E-state index contributed by atoms with van der Waals surface area (Å²) < 4.78 is 5.54. The van der Waals surface area contributed by atoms with Crippen molar-refractivity contribution in [3.63, 3.8) is 0 Å². The zero-order chi connectivity index (χ0) is 11.6. The molecule has 1 aromatic heterocycles. The maximum atomic E-state index is 11.4. The molecule has 0 aromatic carbocycles. The van der Waals surface area contributed by atoms with Gasteiger partial charge in [-0.2, -0.15) is 0 Å². The van der Waals surface area contributed by atoms with Crippen LogP contribution in [0.1, 0.15) is 32.5 Å². The summed E-state index contributed by atoms with van der Waals surface area (Å²) in [5.41, 5.74) is 1.37. The van der Waals surface area contributed by atoms with Crippen LogP contribution >= 0.6 is 23.1 Å². The van der Waals surface area contributed by atoms with Crippen LogP contribution in [0.2, 0.25) is 0 Å². The van der Waals surface area contributed by atoms with E-state index in [-0.39, 0.29) is 11.8 Å². The molecule has 0 amide bonds. The van der Waals surface area contributed by atoms with E-state index in [1.165, 1.54) is 37.1 Å². The summed E-state index contributed by atoms with van der Waals surface area (Å²) in [4.78, 5) is 23.3. The van der Waals surface area contributed by atoms with Crippen LogP contribution < -0.4 is 0 Å². The third kappa shape index (κ3) is 2.23. The van der Waals surface area contributed by atoms with Crippen LogP contribution in [0.5, 0.6) is 0 Å². The summed E-state index contributed by atoms with van der Waals surface area (Å²) in [5.74, 6) is -0.386. The molecule has 0 aliphatic rings. The van der Waals surface area contributed by atoms with E-state index in [0.29, 0.717) is 10.4 Å². The van der Waals surface area contributed by atoms with Gasteiger partial charge in [-0.15, -0.1) is 23.1 Å². The second-order valence-corrected chi connectivity index (χ2v) is 5.07. The average molecular weight is 244 g/mol. The highest BCUT2D eigenvalue weighted by molar-refractivity contribution is 8.00. The fraction of sp³-hybridized carbons (Fsp3) is 0.400. The largest absolute Gasteiger partial charge is 0.465 e. The van der Waals surface area contributed by atoms with Gasteiger partial charge >= 0.3 is 5.97 Å². The van der Waals surface area contributed by atoms with Crippen LogP contribution in [0.25, 0.3) is 0 Å². The first-order chi connectivity index (χ1) is 7.02. The Morgan fingerprint density at radius 3 is 2.33 bits per heavy atom. The number of Topliss-reactive ketones (excluding diaryl/α,β-unsaturated/α-hetero) is 1. The molecular weight excluding hydrogens is 232 g/mol. The minimum absolute atomic E-state index is 0.0109. The summed E-state index contributed by atoms with van der Waals surface area (Å²) in [6.45, 7) is 3.29. The number of carbonyl (C=O) groups excluding carboxylic acids is 2. The van der Waals surface area contributed by atoms with Crippen molar-refractivity contribution in [2.45, 2.75) is 18.1 Å². The van der Waals surface area contributed by atoms with Gasteiger partial charge in [0.2, 0.25) is 0 Å². The van der Waals surface area contributed by atoms with E-state index in [1.807, 2.05) is 6.26 Å². The molecule has 0 atom stereocenters. The maximum Gasteiger partial charge on any atom is 0.348 e. The Balaban J connectivity index is 3.34. The molecule has 0 saturated carbocycles. The molecule has 15 heavy (non-hydrogen) atoms. The third-order valence-corrected chi connectivity index (χ3v) is 4.41. The predicted octanol–water partition coefficient (Wildman–Crippen LogP) is 2.77. The molecule has 0 aliphatic heterocycles. The van der Waals surface area contributed by atoms with Gasteiger partial charge in [0.25, 0.3) is 0 Å². The van der Waals surface area contributed by atoms with Crippen molar-refractivity contribution in [1.82, 2.24) is 0 Å². The Labute approximate surface area is 96.8 Å². The zero-order valence-corrected chi connectivity index (χ0v) is 10.7. The lowest BCUT2D eigenvalue weighted by atomic mass is 10.1. The first kappa shape index (κ1) is 12.3. The number of ketones is 1. The highest BCUT2D eigenvalue weighted by Gasteiger charge is 2.22. The molecule has 0 saturated heterocycles. The van der Waals surface area contributed by atoms with Gasteiger partial charge in [0.1, 0.15) is 4.88 Å². The Hall–Kier alpha value is -0.810. The lowest BCUT2D eigenvalue weighted by Gasteiger charge is -1.98. The number of thioether (sulfide) groups is 1. The molecule has 1 aromatic rings. The topological polar surface area (TPSA) is 43.4 Å². The normalized spacial score (nSPS) is 10.1. The second-order valence-electron chi connectivity index (χ2n) is 2.97. The molecule has 5 heteroatoms. The number of esters is 1. The third-order valence-electron chi connectivity index (χ3n) is 2.02. The number of hydrogen-bond donors (Lipinski definition) is 0. The molecule has 1 heterocycles. The van der Waals surface area contributed by atoms with Crippen LogP contribution in [0.15, 0.2) is 4.21 Å². The van der Waals surface area contributed by atoms with Crippen molar-refractivity contribution in [3.8, 4) is 0 Å². The van der Waals surface area contributed by atoms with Crippen molar-refractivity contribution in [1.29, 1.82) is 0 Å². The quantitative estimate of drug-likeness (QED) is 0.466. The molecule has 3 nitrogen and oxygen atoms in total. The number of carbonyl (C=O) groups is 2.